The maximum Gasteiger partial charge on any atom is 0.303 e. The van der Waals surface area contributed by atoms with Crippen molar-refractivity contribution in [3.63, 3.8) is 0 Å². The molecule has 43 heavy (non-hydrogen) atoms. The third-order valence-corrected chi connectivity index (χ3v) is 9.56. The van der Waals surface area contributed by atoms with Crippen LogP contribution in [0.5, 0.6) is 5.75 Å². The number of ketones is 1. The predicted octanol–water partition coefficient (Wildman–Crippen LogP) is 8.69. The molecule has 0 fully saturated rings. The van der Waals surface area contributed by atoms with Crippen molar-refractivity contribution in [3.05, 3.63) is 54.1 Å². The van der Waals surface area contributed by atoms with Gasteiger partial charge in [0.1, 0.15) is 12.4 Å². The molecule has 1 heterocycles. The van der Waals surface area contributed by atoms with Gasteiger partial charge in [-0.05, 0) is 89.3 Å². The number of para-hydroxylation sites is 1. The molecule has 2 atom stereocenters. The van der Waals surface area contributed by atoms with Crippen molar-refractivity contribution < 1.29 is 23.6 Å². The van der Waals surface area contributed by atoms with Crippen molar-refractivity contribution in [1.82, 2.24) is 0 Å². The number of carbonyl (C=O) groups is 2. The van der Waals surface area contributed by atoms with Gasteiger partial charge in [0.25, 0.3) is 0 Å². The van der Waals surface area contributed by atoms with Crippen molar-refractivity contribution in [1.29, 1.82) is 0 Å². The number of carboxylic acids is 1. The summed E-state index contributed by atoms with van der Waals surface area (Å²) in [5.41, 5.74) is 2.67. The highest BCUT2D eigenvalue weighted by atomic mass is 32.2. The summed E-state index contributed by atoms with van der Waals surface area (Å²) in [6.45, 7) is 11.8. The Kier molecular flexibility index (Phi) is 20.4. The number of ether oxygens (including phenoxy) is 1. The Morgan fingerprint density at radius 2 is 1.56 bits per heavy atom. The first kappa shape index (κ1) is 40.2. The molecule has 0 aliphatic carbocycles. The van der Waals surface area contributed by atoms with Crippen molar-refractivity contribution >= 4 is 32.8 Å². The monoisotopic (exact) mass is 617 g/mol. The standard InChI is InChI=1S/C22H37NOS.C9H10O2.C3H6O2.C2H6/c1-6-8-10-15-22(14-9-7-2)16-13-19-17-20(23(3)4)11-12-21(19)25(5,24)18-22;1-8(10)7-11-9-5-3-2-4-6-9;1-2-3(4)5;1-2/h11-12,17H,5-10,13-16,18H2,1-4H3;2-6H,7H2,1H3;2H2,1H3,(H,4,5);1-2H3. The van der Waals surface area contributed by atoms with Crippen LogP contribution in [0.15, 0.2) is 53.4 Å². The van der Waals surface area contributed by atoms with E-state index in [1.165, 1.54) is 63.1 Å². The van der Waals surface area contributed by atoms with E-state index in [1.807, 2.05) is 44.2 Å². The van der Waals surface area contributed by atoms with E-state index in [0.29, 0.717) is 0 Å². The summed E-state index contributed by atoms with van der Waals surface area (Å²) in [7, 11) is 1.92. The second-order valence-corrected chi connectivity index (χ2v) is 13.6. The number of unbranched alkanes of at least 4 members (excludes halogenated alkanes) is 3. The minimum absolute atomic E-state index is 0.0360. The highest BCUT2D eigenvalue weighted by Gasteiger charge is 2.36. The third kappa shape index (κ3) is 16.0. The number of rotatable bonds is 12. The summed E-state index contributed by atoms with van der Waals surface area (Å²) in [5.74, 6) is 5.06. The molecule has 0 bridgehead atoms. The summed E-state index contributed by atoms with van der Waals surface area (Å²) in [6.07, 6.45) is 11.1. The van der Waals surface area contributed by atoms with Crippen molar-refractivity contribution in [2.45, 2.75) is 111 Å². The average molecular weight is 618 g/mol. The van der Waals surface area contributed by atoms with Gasteiger partial charge in [-0.15, -0.1) is 0 Å². The van der Waals surface area contributed by atoms with E-state index in [4.69, 9.17) is 9.84 Å². The average Bonchev–Trinajstić information content (AvgIpc) is 3.10. The second kappa shape index (κ2) is 21.8. The van der Waals surface area contributed by atoms with Gasteiger partial charge >= 0.3 is 5.97 Å². The first-order chi connectivity index (χ1) is 20.4. The number of aliphatic carboxylic acids is 1. The van der Waals surface area contributed by atoms with Gasteiger partial charge < -0.3 is 14.7 Å². The number of hydrogen-bond donors (Lipinski definition) is 1. The number of nitrogens with zero attached hydrogens (tertiary/aromatic N) is 1. The maximum atomic E-state index is 13.6. The fourth-order valence-electron chi connectivity index (χ4n) is 4.97. The van der Waals surface area contributed by atoms with Gasteiger partial charge in [0.15, 0.2) is 5.78 Å². The van der Waals surface area contributed by atoms with E-state index < -0.39 is 15.5 Å². The number of benzene rings is 2. The zero-order chi connectivity index (χ0) is 32.9. The Morgan fingerprint density at radius 1 is 0.977 bits per heavy atom. The quantitative estimate of drug-likeness (QED) is 0.189. The summed E-state index contributed by atoms with van der Waals surface area (Å²) in [6, 6.07) is 15.7. The van der Waals surface area contributed by atoms with Crippen LogP contribution in [-0.4, -0.2) is 53.4 Å². The molecule has 0 amide bonds. The topological polar surface area (TPSA) is 83.9 Å². The lowest BCUT2D eigenvalue weighted by Gasteiger charge is -2.34. The number of carbonyl (C=O) groups excluding carboxylic acids is 1. The van der Waals surface area contributed by atoms with Crippen LogP contribution in [0.1, 0.15) is 105 Å². The van der Waals surface area contributed by atoms with Gasteiger partial charge in [-0.25, -0.2) is 0 Å². The normalized spacial score (nSPS) is 18.5. The lowest BCUT2D eigenvalue weighted by Crippen LogP contribution is -2.29. The molecule has 2 aromatic carbocycles. The van der Waals surface area contributed by atoms with E-state index in [9.17, 15) is 13.8 Å². The molecule has 2 aromatic rings. The molecule has 0 saturated heterocycles. The van der Waals surface area contributed by atoms with Gasteiger partial charge in [0.05, 0.1) is 0 Å². The molecule has 0 aromatic heterocycles. The van der Waals surface area contributed by atoms with Crippen LogP contribution in [-0.2, 0) is 25.5 Å². The van der Waals surface area contributed by atoms with Crippen molar-refractivity contribution in [2.75, 3.05) is 31.4 Å². The number of hydrogen-bond acceptors (Lipinski definition) is 5. The first-order valence-corrected chi connectivity index (χ1v) is 17.8. The van der Waals surface area contributed by atoms with E-state index in [1.54, 1.807) is 6.92 Å². The molecule has 6 nitrogen and oxygen atoms in total. The van der Waals surface area contributed by atoms with Gasteiger partial charge in [0.2, 0.25) is 0 Å². The van der Waals surface area contributed by atoms with E-state index >= 15 is 0 Å². The van der Waals surface area contributed by atoms with Crippen LogP contribution in [0, 0.1) is 5.41 Å². The number of Topliss-reactive ketones (excluding diaryl/α,β-unsaturated/α-hetero) is 1. The first-order valence-electron chi connectivity index (χ1n) is 15.9. The van der Waals surface area contributed by atoms with E-state index in [0.717, 1.165) is 29.2 Å². The van der Waals surface area contributed by atoms with E-state index in [2.05, 4.69) is 56.9 Å². The van der Waals surface area contributed by atoms with Crippen LogP contribution in [0.25, 0.3) is 0 Å². The Morgan fingerprint density at radius 3 is 2.07 bits per heavy atom. The largest absolute Gasteiger partial charge is 0.486 e. The fourth-order valence-corrected chi connectivity index (χ4v) is 7.50. The Labute approximate surface area is 263 Å². The van der Waals surface area contributed by atoms with E-state index in [-0.39, 0.29) is 24.2 Å². The van der Waals surface area contributed by atoms with Gasteiger partial charge in [-0.2, -0.15) is 0 Å². The van der Waals surface area contributed by atoms with Crippen LogP contribution >= 0.6 is 0 Å². The molecular formula is C36H59NO5S. The molecule has 0 radical (unpaired) electrons. The summed E-state index contributed by atoms with van der Waals surface area (Å²) < 4.78 is 18.7. The SMILES string of the molecule is C=S1(=O)CC(CCCC)(CCCCC)CCc2cc(N(C)C)ccc21.CC.CC(=O)COc1ccccc1.CCC(=O)O. The second-order valence-electron chi connectivity index (χ2n) is 11.3. The number of aryl methyl sites for hydroxylation is 1. The van der Waals surface area contributed by atoms with Crippen LogP contribution in [0.2, 0.25) is 0 Å². The minimum atomic E-state index is -2.21. The number of anilines is 1. The van der Waals surface area contributed by atoms with Gasteiger partial charge in [0, 0.05) is 36.9 Å². The Bertz CT molecular complexity index is 1160. The lowest BCUT2D eigenvalue weighted by molar-refractivity contribution is -0.136. The molecule has 1 aliphatic heterocycles. The predicted molar refractivity (Wildman–Crippen MR) is 185 cm³/mol. The highest BCUT2D eigenvalue weighted by molar-refractivity contribution is 8.00. The molecule has 1 N–H and O–H groups in total. The summed E-state index contributed by atoms with van der Waals surface area (Å²) in [4.78, 5) is 23.0. The van der Waals surface area contributed by atoms with Crippen molar-refractivity contribution in [3.8, 4) is 5.75 Å². The molecule has 0 saturated carbocycles. The molecule has 244 valence electrons. The van der Waals surface area contributed by atoms with Crippen LogP contribution < -0.4 is 9.64 Å². The maximum absolute atomic E-state index is 13.6. The summed E-state index contributed by atoms with van der Waals surface area (Å²) >= 11 is 0. The molecule has 3 rings (SSSR count). The van der Waals surface area contributed by atoms with Gasteiger partial charge in [-0.1, -0.05) is 84.9 Å². The van der Waals surface area contributed by atoms with Crippen LogP contribution in [0.3, 0.4) is 0 Å². The smallest absolute Gasteiger partial charge is 0.303 e. The Balaban J connectivity index is 0.000000805. The number of fused-ring (bicyclic) bond motifs is 1. The highest BCUT2D eigenvalue weighted by Crippen LogP contribution is 2.43. The summed E-state index contributed by atoms with van der Waals surface area (Å²) in [5, 5.41) is 7.72. The van der Waals surface area contributed by atoms with Crippen molar-refractivity contribution in [2.24, 2.45) is 5.41 Å². The zero-order valence-corrected chi connectivity index (χ0v) is 29.1. The minimum Gasteiger partial charge on any atom is -0.486 e. The fraction of sp³-hybridized carbons (Fsp3) is 0.583. The molecule has 2 unspecified atom stereocenters. The van der Waals surface area contributed by atoms with Gasteiger partial charge in [-0.3, -0.25) is 13.8 Å². The molecular weight excluding hydrogens is 558 g/mol. The molecule has 0 spiro atoms. The third-order valence-electron chi connectivity index (χ3n) is 7.28. The number of carboxylic acid groups (broad SMARTS) is 1. The molecule has 7 heteroatoms. The van der Waals surface area contributed by atoms with Crippen LogP contribution in [0.4, 0.5) is 5.69 Å². The Hall–Kier alpha value is -2.80. The zero-order valence-electron chi connectivity index (χ0n) is 28.2. The lowest BCUT2D eigenvalue weighted by atomic mass is 9.75. The molecule has 1 aliphatic rings.